The van der Waals surface area contributed by atoms with Crippen LogP contribution >= 0.6 is 7.60 Å². The second kappa shape index (κ2) is 7.98. The van der Waals surface area contributed by atoms with Crippen LogP contribution in [0.1, 0.15) is 34.6 Å². The zero-order valence-corrected chi connectivity index (χ0v) is 13.6. The molecule has 20 heavy (non-hydrogen) atoms. The molecule has 0 spiro atoms. The van der Waals surface area contributed by atoms with Gasteiger partial charge in [0.15, 0.2) is 0 Å². The fraction of sp³-hybridized carbons (Fsp3) is 0.917. The number of ether oxygens (including phenoxy) is 1. The molecule has 0 aliphatic rings. The first-order valence-electron chi connectivity index (χ1n) is 6.57. The van der Waals surface area contributed by atoms with Crippen LogP contribution in [0.5, 0.6) is 0 Å². The number of hydrogen-bond donors (Lipinski definition) is 3. The average Bonchev–Trinajstić information content (AvgIpc) is 2.34. The standard InChI is InChI=1S/C12H26NO6P/c1-6-18-11(15)13-10(9(2)3)20(16,17)19-8-12(4,5)7-14/h9-10,14H,6-8H2,1-5H3,(H,13,15)(H,16,17). The number of hydrogen-bond acceptors (Lipinski definition) is 5. The highest BCUT2D eigenvalue weighted by Crippen LogP contribution is 2.50. The Hall–Kier alpha value is -0.620. The summed E-state index contributed by atoms with van der Waals surface area (Å²) in [7, 11) is -4.07. The summed E-state index contributed by atoms with van der Waals surface area (Å²) in [5.74, 6) is -1.37. The highest BCUT2D eigenvalue weighted by Gasteiger charge is 2.38. The number of aliphatic hydroxyl groups is 1. The van der Waals surface area contributed by atoms with Crippen LogP contribution in [0.3, 0.4) is 0 Å². The van der Waals surface area contributed by atoms with Gasteiger partial charge in [0.25, 0.3) is 0 Å². The Bertz CT molecular complexity index is 358. The molecule has 3 N–H and O–H groups in total. The molecule has 0 fully saturated rings. The molecule has 7 nitrogen and oxygen atoms in total. The lowest BCUT2D eigenvalue weighted by Crippen LogP contribution is -2.39. The summed E-state index contributed by atoms with van der Waals surface area (Å²) in [6, 6.07) is 0. The van der Waals surface area contributed by atoms with Crippen molar-refractivity contribution in [1.29, 1.82) is 0 Å². The summed E-state index contributed by atoms with van der Waals surface area (Å²) in [5, 5.41) is 11.5. The summed E-state index contributed by atoms with van der Waals surface area (Å²) >= 11 is 0. The van der Waals surface area contributed by atoms with E-state index < -0.39 is 24.9 Å². The molecule has 0 aromatic heterocycles. The number of carbonyl (C=O) groups is 1. The second-order valence-corrected chi connectivity index (χ2v) is 7.66. The van der Waals surface area contributed by atoms with Crippen LogP contribution in [0.25, 0.3) is 0 Å². The molecule has 0 radical (unpaired) electrons. The van der Waals surface area contributed by atoms with E-state index in [-0.39, 0.29) is 25.7 Å². The van der Waals surface area contributed by atoms with Gasteiger partial charge in [-0.2, -0.15) is 0 Å². The minimum Gasteiger partial charge on any atom is -0.450 e. The Balaban J connectivity index is 4.80. The summed E-state index contributed by atoms with van der Waals surface area (Å²) in [4.78, 5) is 21.4. The highest BCUT2D eigenvalue weighted by molar-refractivity contribution is 7.53. The third-order valence-corrected chi connectivity index (χ3v) is 4.52. The number of carbonyl (C=O) groups excluding carboxylic acids is 1. The molecule has 0 saturated heterocycles. The highest BCUT2D eigenvalue weighted by atomic mass is 31.2. The maximum atomic E-state index is 12.2. The summed E-state index contributed by atoms with van der Waals surface area (Å²) in [5.41, 5.74) is -0.635. The maximum Gasteiger partial charge on any atom is 0.407 e. The topological polar surface area (TPSA) is 105 Å². The third kappa shape index (κ3) is 6.70. The third-order valence-electron chi connectivity index (χ3n) is 2.59. The minimum atomic E-state index is -4.07. The Morgan fingerprint density at radius 3 is 2.35 bits per heavy atom. The van der Waals surface area contributed by atoms with Gasteiger partial charge < -0.3 is 24.6 Å². The van der Waals surface area contributed by atoms with Crippen LogP contribution in [0.15, 0.2) is 0 Å². The smallest absolute Gasteiger partial charge is 0.407 e. The first kappa shape index (κ1) is 19.4. The van der Waals surface area contributed by atoms with Crippen molar-refractivity contribution in [2.75, 3.05) is 19.8 Å². The largest absolute Gasteiger partial charge is 0.450 e. The van der Waals surface area contributed by atoms with E-state index in [1.54, 1.807) is 34.6 Å². The van der Waals surface area contributed by atoms with Gasteiger partial charge in [-0.1, -0.05) is 27.7 Å². The van der Waals surface area contributed by atoms with Gasteiger partial charge in [-0.15, -0.1) is 0 Å². The average molecular weight is 311 g/mol. The van der Waals surface area contributed by atoms with Crippen LogP contribution in [-0.2, 0) is 13.8 Å². The molecule has 8 heteroatoms. The molecule has 1 amide bonds. The van der Waals surface area contributed by atoms with E-state index in [0.29, 0.717) is 0 Å². The summed E-state index contributed by atoms with van der Waals surface area (Å²) in [6.45, 7) is 8.34. The van der Waals surface area contributed by atoms with Crippen molar-refractivity contribution in [1.82, 2.24) is 5.32 Å². The van der Waals surface area contributed by atoms with Gasteiger partial charge in [0.05, 0.1) is 19.8 Å². The molecule has 0 aliphatic heterocycles. The maximum absolute atomic E-state index is 12.2. The SMILES string of the molecule is CCOC(=O)NC(C(C)C)P(=O)(O)OCC(C)(C)CO. The second-order valence-electron chi connectivity index (χ2n) is 5.71. The number of aliphatic hydroxyl groups excluding tert-OH is 1. The van der Waals surface area contributed by atoms with Crippen molar-refractivity contribution in [3.63, 3.8) is 0 Å². The molecule has 2 atom stereocenters. The number of nitrogens with one attached hydrogen (secondary N) is 1. The van der Waals surface area contributed by atoms with E-state index in [4.69, 9.17) is 14.4 Å². The molecule has 0 bridgehead atoms. The van der Waals surface area contributed by atoms with Gasteiger partial charge in [0, 0.05) is 5.41 Å². The molecule has 0 heterocycles. The molecule has 0 rings (SSSR count). The van der Waals surface area contributed by atoms with Crippen LogP contribution in [0.4, 0.5) is 4.79 Å². The summed E-state index contributed by atoms with van der Waals surface area (Å²) in [6.07, 6.45) is -0.759. The van der Waals surface area contributed by atoms with Crippen molar-refractivity contribution in [2.45, 2.75) is 40.4 Å². The number of alkyl carbamates (subject to hydrolysis) is 1. The zero-order chi connectivity index (χ0) is 16.0. The van der Waals surface area contributed by atoms with Gasteiger partial charge in [-0.05, 0) is 12.8 Å². The van der Waals surface area contributed by atoms with Crippen molar-refractivity contribution >= 4 is 13.7 Å². The van der Waals surface area contributed by atoms with Gasteiger partial charge >= 0.3 is 13.7 Å². The Kier molecular flexibility index (Phi) is 7.73. The Labute approximate surface area is 120 Å². The lowest BCUT2D eigenvalue weighted by atomic mass is 9.97. The molecule has 0 aliphatic carbocycles. The van der Waals surface area contributed by atoms with Gasteiger partial charge in [0.2, 0.25) is 0 Å². The minimum absolute atomic E-state index is 0.0923. The lowest BCUT2D eigenvalue weighted by molar-refractivity contribution is 0.0864. The number of amides is 1. The van der Waals surface area contributed by atoms with E-state index in [9.17, 15) is 14.3 Å². The van der Waals surface area contributed by atoms with Gasteiger partial charge in [-0.25, -0.2) is 4.79 Å². The zero-order valence-electron chi connectivity index (χ0n) is 12.8. The number of rotatable bonds is 8. The van der Waals surface area contributed by atoms with E-state index in [0.717, 1.165) is 0 Å². The molecule has 0 aromatic rings. The fourth-order valence-corrected chi connectivity index (χ4v) is 3.03. The van der Waals surface area contributed by atoms with Crippen molar-refractivity contribution in [2.24, 2.45) is 11.3 Å². The molecular formula is C12H26NO6P. The molecular weight excluding hydrogens is 285 g/mol. The Morgan fingerprint density at radius 1 is 1.40 bits per heavy atom. The fourth-order valence-electron chi connectivity index (χ4n) is 1.31. The van der Waals surface area contributed by atoms with E-state index in [1.807, 2.05) is 0 Å². The van der Waals surface area contributed by atoms with Crippen molar-refractivity contribution in [3.05, 3.63) is 0 Å². The van der Waals surface area contributed by atoms with Crippen LogP contribution in [-0.4, -0.2) is 41.7 Å². The van der Waals surface area contributed by atoms with Crippen molar-refractivity contribution < 1.29 is 28.6 Å². The monoisotopic (exact) mass is 311 g/mol. The Morgan fingerprint density at radius 2 is 1.95 bits per heavy atom. The lowest BCUT2D eigenvalue weighted by Gasteiger charge is -2.29. The predicted molar refractivity (Wildman–Crippen MR) is 75.4 cm³/mol. The molecule has 2 unspecified atom stereocenters. The normalized spacial score (nSPS) is 16.6. The first-order valence-corrected chi connectivity index (χ1v) is 8.21. The van der Waals surface area contributed by atoms with E-state index in [2.05, 4.69) is 5.32 Å². The van der Waals surface area contributed by atoms with Crippen molar-refractivity contribution in [3.8, 4) is 0 Å². The summed E-state index contributed by atoms with van der Waals surface area (Å²) < 4.78 is 22.0. The van der Waals surface area contributed by atoms with Crippen LogP contribution in [0, 0.1) is 11.3 Å². The van der Waals surface area contributed by atoms with Gasteiger partial charge in [0.1, 0.15) is 5.78 Å². The molecule has 120 valence electrons. The van der Waals surface area contributed by atoms with E-state index >= 15 is 0 Å². The molecule has 0 saturated carbocycles. The van der Waals surface area contributed by atoms with Crippen LogP contribution in [0.2, 0.25) is 0 Å². The van der Waals surface area contributed by atoms with Gasteiger partial charge in [-0.3, -0.25) is 4.57 Å². The molecule has 0 aromatic carbocycles. The van der Waals surface area contributed by atoms with E-state index in [1.165, 1.54) is 0 Å². The first-order chi connectivity index (χ1) is 9.05. The predicted octanol–water partition coefficient (Wildman–Crippen LogP) is 1.94. The quantitative estimate of drug-likeness (QED) is 0.592. The van der Waals surface area contributed by atoms with Crippen LogP contribution < -0.4 is 5.32 Å².